The molecule has 1 aliphatic rings. The molecule has 2 aromatic heterocycles. The number of aryl methyl sites for hydroxylation is 2. The predicted molar refractivity (Wildman–Crippen MR) is 106 cm³/mol. The van der Waals surface area contributed by atoms with Crippen molar-refractivity contribution in [2.75, 3.05) is 19.5 Å². The van der Waals surface area contributed by atoms with Gasteiger partial charge in [0, 0.05) is 5.56 Å². The number of thiophene rings is 1. The Kier molecular flexibility index (Phi) is 5.83. The van der Waals surface area contributed by atoms with Crippen molar-refractivity contribution in [3.63, 3.8) is 0 Å². The molecule has 9 nitrogen and oxygen atoms in total. The molecular formula is C19H21N3O6S. The Labute approximate surface area is 170 Å². The number of esters is 2. The lowest BCUT2D eigenvalue weighted by Crippen LogP contribution is -2.32. The maximum atomic E-state index is 12.7. The zero-order chi connectivity index (χ0) is 21.3. The summed E-state index contributed by atoms with van der Waals surface area (Å²) in [6, 6.07) is 0. The van der Waals surface area contributed by atoms with E-state index in [-0.39, 0.29) is 27.5 Å². The van der Waals surface area contributed by atoms with Gasteiger partial charge in [-0.25, -0.2) is 14.6 Å². The van der Waals surface area contributed by atoms with Crippen LogP contribution in [-0.2, 0) is 33.7 Å². The van der Waals surface area contributed by atoms with Crippen LogP contribution in [0.3, 0.4) is 0 Å². The number of amides is 1. The summed E-state index contributed by atoms with van der Waals surface area (Å²) in [7, 11) is 2.44. The minimum Gasteiger partial charge on any atom is -0.465 e. The maximum absolute atomic E-state index is 12.7. The van der Waals surface area contributed by atoms with Gasteiger partial charge in [-0.3, -0.25) is 14.2 Å². The number of nitrogens with one attached hydrogen (secondary N) is 1. The third-order valence-electron chi connectivity index (χ3n) is 4.84. The number of carbonyl (C=O) groups is 3. The lowest BCUT2D eigenvalue weighted by atomic mass is 10.1. The summed E-state index contributed by atoms with van der Waals surface area (Å²) in [5.41, 5.74) is 1.68. The second-order valence-electron chi connectivity index (χ2n) is 6.62. The van der Waals surface area contributed by atoms with E-state index in [9.17, 15) is 19.2 Å². The number of carbonyl (C=O) groups excluding carboxylic acids is 3. The summed E-state index contributed by atoms with van der Waals surface area (Å²) in [5.74, 6) is -1.36. The predicted octanol–water partition coefficient (Wildman–Crippen LogP) is 1.62. The van der Waals surface area contributed by atoms with Crippen molar-refractivity contribution in [3.05, 3.63) is 43.4 Å². The molecule has 154 valence electrons. The van der Waals surface area contributed by atoms with Gasteiger partial charge in [0.15, 0.2) is 0 Å². The van der Waals surface area contributed by atoms with Crippen LogP contribution in [0.4, 0.5) is 5.00 Å². The van der Waals surface area contributed by atoms with Crippen LogP contribution in [0.25, 0.3) is 0 Å². The van der Waals surface area contributed by atoms with Crippen LogP contribution in [-0.4, -0.2) is 41.6 Å². The highest BCUT2D eigenvalue weighted by Gasteiger charge is 2.27. The molecule has 10 heteroatoms. The fraction of sp³-hybridized carbons (Fsp3) is 0.421. The van der Waals surface area contributed by atoms with Crippen molar-refractivity contribution >= 4 is 34.2 Å². The largest absolute Gasteiger partial charge is 0.465 e. The molecule has 2 heterocycles. The van der Waals surface area contributed by atoms with Crippen molar-refractivity contribution in [1.82, 2.24) is 9.55 Å². The number of ether oxygens (including phenoxy) is 2. The third-order valence-corrected chi connectivity index (χ3v) is 6.03. The SMILES string of the molecule is COC(=O)c1sc(NC(=O)Cn2c(C)nc3c(c2=O)CCC3)c(C(=O)OC)c1C. The molecule has 0 atom stereocenters. The Balaban J connectivity index is 1.91. The van der Waals surface area contributed by atoms with Gasteiger partial charge in [0.1, 0.15) is 22.2 Å². The van der Waals surface area contributed by atoms with E-state index in [0.29, 0.717) is 23.4 Å². The van der Waals surface area contributed by atoms with Crippen molar-refractivity contribution in [3.8, 4) is 0 Å². The Hall–Kier alpha value is -3.01. The van der Waals surface area contributed by atoms with E-state index in [2.05, 4.69) is 10.3 Å². The Morgan fingerprint density at radius 1 is 1.14 bits per heavy atom. The van der Waals surface area contributed by atoms with E-state index in [4.69, 9.17) is 9.47 Å². The molecular weight excluding hydrogens is 398 g/mol. The molecule has 0 bridgehead atoms. The first-order valence-corrected chi connectivity index (χ1v) is 9.79. The first-order chi connectivity index (χ1) is 13.8. The fourth-order valence-corrected chi connectivity index (χ4v) is 4.51. The zero-order valence-electron chi connectivity index (χ0n) is 16.6. The first kappa shape index (κ1) is 20.7. The number of hydrogen-bond acceptors (Lipinski definition) is 8. The molecule has 29 heavy (non-hydrogen) atoms. The minimum absolute atomic E-state index is 0.0856. The van der Waals surface area contributed by atoms with Crippen LogP contribution >= 0.6 is 11.3 Å². The number of rotatable bonds is 5. The number of hydrogen-bond donors (Lipinski definition) is 1. The van der Waals surface area contributed by atoms with Crippen LogP contribution in [0.1, 0.15) is 49.1 Å². The topological polar surface area (TPSA) is 117 Å². The molecule has 0 saturated carbocycles. The summed E-state index contributed by atoms with van der Waals surface area (Å²) in [5, 5.41) is 2.79. The monoisotopic (exact) mass is 419 g/mol. The van der Waals surface area contributed by atoms with Gasteiger partial charge in [-0.05, 0) is 38.7 Å². The first-order valence-electron chi connectivity index (χ1n) is 8.97. The molecule has 3 rings (SSSR count). The molecule has 2 aromatic rings. The smallest absolute Gasteiger partial charge is 0.348 e. The number of methoxy groups -OCH3 is 2. The Bertz CT molecular complexity index is 1070. The van der Waals surface area contributed by atoms with E-state index in [1.807, 2.05) is 0 Å². The highest BCUT2D eigenvalue weighted by molar-refractivity contribution is 7.18. The molecule has 0 aromatic carbocycles. The van der Waals surface area contributed by atoms with Crippen molar-refractivity contribution < 1.29 is 23.9 Å². The van der Waals surface area contributed by atoms with Gasteiger partial charge in [-0.15, -0.1) is 11.3 Å². The van der Waals surface area contributed by atoms with Gasteiger partial charge >= 0.3 is 11.9 Å². The molecule has 1 amide bonds. The summed E-state index contributed by atoms with van der Waals surface area (Å²) in [6.45, 7) is 3.00. The molecule has 1 N–H and O–H groups in total. The molecule has 0 aliphatic heterocycles. The average molecular weight is 419 g/mol. The van der Waals surface area contributed by atoms with Gasteiger partial charge in [-0.2, -0.15) is 0 Å². The van der Waals surface area contributed by atoms with Gasteiger partial charge in [0.2, 0.25) is 5.91 Å². The van der Waals surface area contributed by atoms with Gasteiger partial charge in [-0.1, -0.05) is 0 Å². The summed E-state index contributed by atoms with van der Waals surface area (Å²) < 4.78 is 10.8. The fourth-order valence-electron chi connectivity index (χ4n) is 3.38. The molecule has 0 fully saturated rings. The highest BCUT2D eigenvalue weighted by Crippen LogP contribution is 2.34. The lowest BCUT2D eigenvalue weighted by Gasteiger charge is -2.12. The molecule has 1 aliphatic carbocycles. The Morgan fingerprint density at radius 2 is 1.83 bits per heavy atom. The van der Waals surface area contributed by atoms with Crippen LogP contribution in [0.15, 0.2) is 4.79 Å². The molecule has 0 unspecified atom stereocenters. The average Bonchev–Trinajstić information content (AvgIpc) is 3.28. The van der Waals surface area contributed by atoms with E-state index < -0.39 is 17.8 Å². The zero-order valence-corrected chi connectivity index (χ0v) is 17.4. The second kappa shape index (κ2) is 8.16. The Morgan fingerprint density at radius 3 is 2.48 bits per heavy atom. The van der Waals surface area contributed by atoms with Gasteiger partial charge < -0.3 is 14.8 Å². The quantitative estimate of drug-likeness (QED) is 0.732. The number of nitrogens with zero attached hydrogens (tertiary/aromatic N) is 2. The highest BCUT2D eigenvalue weighted by atomic mass is 32.1. The van der Waals surface area contributed by atoms with E-state index in [1.54, 1.807) is 13.8 Å². The molecule has 0 saturated heterocycles. The number of anilines is 1. The van der Waals surface area contributed by atoms with Crippen LogP contribution in [0, 0.1) is 13.8 Å². The summed E-state index contributed by atoms with van der Waals surface area (Å²) in [4.78, 5) is 54.1. The van der Waals surface area contributed by atoms with Crippen molar-refractivity contribution in [2.24, 2.45) is 0 Å². The van der Waals surface area contributed by atoms with Crippen LogP contribution in [0.5, 0.6) is 0 Å². The molecule has 0 spiro atoms. The second-order valence-corrected chi connectivity index (χ2v) is 7.64. The van der Waals surface area contributed by atoms with E-state index in [0.717, 1.165) is 29.9 Å². The number of fused-ring (bicyclic) bond motifs is 1. The summed E-state index contributed by atoms with van der Waals surface area (Å²) in [6.07, 6.45) is 2.30. The lowest BCUT2D eigenvalue weighted by molar-refractivity contribution is -0.116. The van der Waals surface area contributed by atoms with Crippen molar-refractivity contribution in [1.29, 1.82) is 0 Å². The minimum atomic E-state index is -0.684. The third kappa shape index (κ3) is 3.80. The van der Waals surface area contributed by atoms with Gasteiger partial charge in [0.25, 0.3) is 5.56 Å². The molecule has 0 radical (unpaired) electrons. The number of aromatic nitrogens is 2. The van der Waals surface area contributed by atoms with E-state index >= 15 is 0 Å². The standard InChI is InChI=1S/C19H21N3O6S/c1-9-14(18(25)27-3)16(29-15(9)19(26)28-4)21-13(23)8-22-10(2)20-12-7-5-6-11(12)17(22)24/h5-8H2,1-4H3,(H,21,23). The van der Waals surface area contributed by atoms with Crippen LogP contribution < -0.4 is 10.9 Å². The summed E-state index contributed by atoms with van der Waals surface area (Å²) >= 11 is 0.920. The van der Waals surface area contributed by atoms with Gasteiger partial charge in [0.05, 0.1) is 25.5 Å². The van der Waals surface area contributed by atoms with Crippen LogP contribution in [0.2, 0.25) is 0 Å². The van der Waals surface area contributed by atoms with Crippen molar-refractivity contribution in [2.45, 2.75) is 39.7 Å². The van der Waals surface area contributed by atoms with E-state index in [1.165, 1.54) is 18.8 Å². The normalized spacial score (nSPS) is 12.4. The maximum Gasteiger partial charge on any atom is 0.348 e.